The summed E-state index contributed by atoms with van der Waals surface area (Å²) in [6, 6.07) is 0. The largest absolute Gasteiger partial charge is 0.463 e. The Bertz CT molecular complexity index is 276. The molecular weight excluding hydrogens is 232 g/mol. The van der Waals surface area contributed by atoms with Crippen molar-refractivity contribution in [2.24, 2.45) is 0 Å². The van der Waals surface area contributed by atoms with Gasteiger partial charge in [0.2, 0.25) is 0 Å². The highest BCUT2D eigenvalue weighted by Crippen LogP contribution is 2.09. The normalized spacial score (nSPS) is 15.5. The smallest absolute Gasteiger partial charge is 0.303 e. The van der Waals surface area contributed by atoms with Gasteiger partial charge in [0.1, 0.15) is 25.1 Å². The van der Waals surface area contributed by atoms with Crippen LogP contribution in [0.15, 0.2) is 0 Å². The van der Waals surface area contributed by atoms with Crippen LogP contribution in [0.25, 0.3) is 0 Å². The maximum atomic E-state index is 10.8. The fourth-order valence-corrected chi connectivity index (χ4v) is 1.14. The number of aliphatic hydroxyl groups is 2. The zero-order valence-electron chi connectivity index (χ0n) is 9.66. The van der Waals surface area contributed by atoms with Crippen LogP contribution in [-0.2, 0) is 23.9 Å². The van der Waals surface area contributed by atoms with Gasteiger partial charge in [0.15, 0.2) is 6.10 Å². The predicted molar refractivity (Wildman–Crippen MR) is 54.9 cm³/mol. The number of esters is 2. The van der Waals surface area contributed by atoms with Crippen molar-refractivity contribution >= 4 is 18.2 Å². The molecule has 2 N–H and O–H groups in total. The van der Waals surface area contributed by atoms with Crippen molar-refractivity contribution in [2.45, 2.75) is 38.6 Å². The van der Waals surface area contributed by atoms with Crippen molar-refractivity contribution in [3.8, 4) is 0 Å². The molecule has 0 saturated heterocycles. The molecule has 0 saturated carbocycles. The summed E-state index contributed by atoms with van der Waals surface area (Å²) in [6.07, 6.45) is -3.91. The average molecular weight is 248 g/mol. The third-order valence-corrected chi connectivity index (χ3v) is 1.86. The first-order chi connectivity index (χ1) is 7.88. The molecule has 0 aliphatic heterocycles. The number of carbonyl (C=O) groups excluding carboxylic acids is 3. The van der Waals surface area contributed by atoms with Crippen LogP contribution in [0, 0.1) is 0 Å². The molecular formula is C10H16O7. The summed E-state index contributed by atoms with van der Waals surface area (Å²) >= 11 is 0. The molecule has 0 aliphatic rings. The Hall–Kier alpha value is -1.47. The standard InChI is InChI=1S/C10H16O7/c1-6(12)16-5-9(15)10(17-7(2)13)8(14)3-4-11/h4,8-10,14-15H,3,5H2,1-2H3/t8-,9+,10+/m0/s1. The van der Waals surface area contributed by atoms with Gasteiger partial charge < -0.3 is 24.5 Å². The highest BCUT2D eigenvalue weighted by atomic mass is 16.6. The number of hydrogen-bond acceptors (Lipinski definition) is 7. The highest BCUT2D eigenvalue weighted by molar-refractivity contribution is 5.66. The van der Waals surface area contributed by atoms with Crippen LogP contribution in [0.3, 0.4) is 0 Å². The first-order valence-electron chi connectivity index (χ1n) is 4.98. The van der Waals surface area contributed by atoms with Crippen molar-refractivity contribution in [1.82, 2.24) is 0 Å². The van der Waals surface area contributed by atoms with Crippen LogP contribution in [-0.4, -0.2) is 53.4 Å². The first kappa shape index (κ1) is 15.5. The van der Waals surface area contributed by atoms with Gasteiger partial charge in [-0.15, -0.1) is 0 Å². The molecule has 0 aromatic carbocycles. The number of hydrogen-bond donors (Lipinski definition) is 2. The van der Waals surface area contributed by atoms with Gasteiger partial charge in [-0.2, -0.15) is 0 Å². The molecule has 7 nitrogen and oxygen atoms in total. The Kier molecular flexibility index (Phi) is 7.08. The van der Waals surface area contributed by atoms with Gasteiger partial charge >= 0.3 is 11.9 Å². The Morgan fingerprint density at radius 3 is 2.18 bits per heavy atom. The van der Waals surface area contributed by atoms with Crippen LogP contribution in [0.2, 0.25) is 0 Å². The van der Waals surface area contributed by atoms with E-state index in [1.165, 1.54) is 0 Å². The zero-order chi connectivity index (χ0) is 13.4. The van der Waals surface area contributed by atoms with Gasteiger partial charge in [0.05, 0.1) is 0 Å². The minimum atomic E-state index is -1.39. The van der Waals surface area contributed by atoms with Crippen molar-refractivity contribution in [3.63, 3.8) is 0 Å². The highest BCUT2D eigenvalue weighted by Gasteiger charge is 2.30. The lowest BCUT2D eigenvalue weighted by Crippen LogP contribution is -2.43. The molecule has 0 unspecified atom stereocenters. The third kappa shape index (κ3) is 6.64. The molecule has 0 radical (unpaired) electrons. The van der Waals surface area contributed by atoms with E-state index in [9.17, 15) is 24.6 Å². The second-order valence-corrected chi connectivity index (χ2v) is 3.41. The van der Waals surface area contributed by atoms with E-state index >= 15 is 0 Å². The van der Waals surface area contributed by atoms with Crippen molar-refractivity contribution < 1.29 is 34.1 Å². The number of aliphatic hydroxyl groups excluding tert-OH is 2. The average Bonchev–Trinajstić information content (AvgIpc) is 2.22. The van der Waals surface area contributed by atoms with E-state index in [1.54, 1.807) is 0 Å². The molecule has 0 aliphatic carbocycles. The zero-order valence-corrected chi connectivity index (χ0v) is 9.66. The van der Waals surface area contributed by atoms with Gasteiger partial charge in [-0.3, -0.25) is 9.59 Å². The molecule has 0 bridgehead atoms. The molecule has 98 valence electrons. The topological polar surface area (TPSA) is 110 Å². The van der Waals surface area contributed by atoms with Crippen LogP contribution in [0.1, 0.15) is 20.3 Å². The van der Waals surface area contributed by atoms with Gasteiger partial charge in [-0.1, -0.05) is 0 Å². The molecule has 0 rings (SSSR count). The van der Waals surface area contributed by atoms with Crippen LogP contribution < -0.4 is 0 Å². The molecule has 0 aromatic rings. The lowest BCUT2D eigenvalue weighted by molar-refractivity contribution is -0.169. The van der Waals surface area contributed by atoms with Gasteiger partial charge in [-0.05, 0) is 0 Å². The van der Waals surface area contributed by atoms with Crippen molar-refractivity contribution in [3.05, 3.63) is 0 Å². The Morgan fingerprint density at radius 1 is 1.18 bits per heavy atom. The fraction of sp³-hybridized carbons (Fsp3) is 0.700. The van der Waals surface area contributed by atoms with Crippen LogP contribution in [0.5, 0.6) is 0 Å². The lowest BCUT2D eigenvalue weighted by atomic mass is 10.1. The number of aldehydes is 1. The molecule has 0 amide bonds. The van der Waals surface area contributed by atoms with E-state index in [0.29, 0.717) is 6.29 Å². The lowest BCUT2D eigenvalue weighted by Gasteiger charge is -2.25. The monoisotopic (exact) mass is 248 g/mol. The Labute approximate surface area is 98.3 Å². The van der Waals surface area contributed by atoms with Gasteiger partial charge in [0.25, 0.3) is 0 Å². The summed E-state index contributed by atoms with van der Waals surface area (Å²) in [5, 5.41) is 19.1. The summed E-state index contributed by atoms with van der Waals surface area (Å²) in [7, 11) is 0. The summed E-state index contributed by atoms with van der Waals surface area (Å²) in [5.41, 5.74) is 0. The minimum absolute atomic E-state index is 0.297. The first-order valence-corrected chi connectivity index (χ1v) is 4.98. The Balaban J connectivity index is 4.48. The predicted octanol–water partition coefficient (Wildman–Crippen LogP) is -1.21. The molecule has 0 heterocycles. The Morgan fingerprint density at radius 2 is 1.76 bits per heavy atom. The second-order valence-electron chi connectivity index (χ2n) is 3.41. The maximum Gasteiger partial charge on any atom is 0.303 e. The molecule has 3 atom stereocenters. The maximum absolute atomic E-state index is 10.8. The summed E-state index contributed by atoms with van der Waals surface area (Å²) in [6.45, 7) is 1.82. The molecule has 0 fully saturated rings. The van der Waals surface area contributed by atoms with Crippen LogP contribution in [0.4, 0.5) is 0 Å². The van der Waals surface area contributed by atoms with E-state index in [-0.39, 0.29) is 6.42 Å². The van der Waals surface area contributed by atoms with Gasteiger partial charge in [-0.25, -0.2) is 0 Å². The number of carbonyl (C=O) groups is 3. The summed E-state index contributed by atoms with van der Waals surface area (Å²) < 4.78 is 9.18. The minimum Gasteiger partial charge on any atom is -0.463 e. The molecule has 0 aromatic heterocycles. The summed E-state index contributed by atoms with van der Waals surface area (Å²) in [5.74, 6) is -1.34. The van der Waals surface area contributed by atoms with Crippen LogP contribution >= 0.6 is 0 Å². The van der Waals surface area contributed by atoms with E-state index in [2.05, 4.69) is 9.47 Å². The number of ether oxygens (including phenoxy) is 2. The van der Waals surface area contributed by atoms with E-state index < -0.39 is 36.9 Å². The van der Waals surface area contributed by atoms with Gasteiger partial charge in [0, 0.05) is 20.3 Å². The number of rotatable bonds is 7. The third-order valence-electron chi connectivity index (χ3n) is 1.86. The SMILES string of the molecule is CC(=O)OC[C@@H](O)[C@H](OC(C)=O)[C@@H](O)CC=O. The van der Waals surface area contributed by atoms with E-state index in [1.807, 2.05) is 0 Å². The van der Waals surface area contributed by atoms with Crippen molar-refractivity contribution in [1.29, 1.82) is 0 Å². The van der Waals surface area contributed by atoms with Crippen molar-refractivity contribution in [2.75, 3.05) is 6.61 Å². The second kappa shape index (κ2) is 7.75. The summed E-state index contributed by atoms with van der Waals surface area (Å²) in [4.78, 5) is 31.5. The van der Waals surface area contributed by atoms with E-state index in [0.717, 1.165) is 13.8 Å². The molecule has 0 spiro atoms. The molecule has 7 heteroatoms. The van der Waals surface area contributed by atoms with E-state index in [4.69, 9.17) is 0 Å². The quantitative estimate of drug-likeness (QED) is 0.429. The molecule has 17 heavy (non-hydrogen) atoms. The fourth-order valence-electron chi connectivity index (χ4n) is 1.14.